The summed E-state index contributed by atoms with van der Waals surface area (Å²) in [7, 11) is 0. The van der Waals surface area contributed by atoms with Crippen molar-refractivity contribution >= 4 is 34.3 Å². The summed E-state index contributed by atoms with van der Waals surface area (Å²) >= 11 is 2.17. The van der Waals surface area contributed by atoms with Crippen molar-refractivity contribution in [2.75, 3.05) is 11.9 Å². The minimum absolute atomic E-state index is 0.190. The third kappa shape index (κ3) is 5.00. The largest absolute Gasteiger partial charge is 0.494 e. The highest BCUT2D eigenvalue weighted by Gasteiger charge is 2.08. The van der Waals surface area contributed by atoms with Gasteiger partial charge in [-0.25, -0.2) is 4.98 Å². The van der Waals surface area contributed by atoms with Crippen molar-refractivity contribution in [2.45, 2.75) is 19.8 Å². The molecular formula is C16H17IN2O2. The molecule has 1 aromatic carbocycles. The smallest absolute Gasteiger partial charge is 0.256 e. The topological polar surface area (TPSA) is 51.2 Å². The zero-order chi connectivity index (χ0) is 15.1. The summed E-state index contributed by atoms with van der Waals surface area (Å²) in [5, 5.41) is 2.77. The molecular weight excluding hydrogens is 379 g/mol. The van der Waals surface area contributed by atoms with Crippen LogP contribution in [0.15, 0.2) is 42.6 Å². The van der Waals surface area contributed by atoms with E-state index in [1.165, 1.54) is 0 Å². The molecule has 0 bridgehead atoms. The van der Waals surface area contributed by atoms with Crippen LogP contribution in [-0.2, 0) is 0 Å². The van der Waals surface area contributed by atoms with Crippen LogP contribution in [0.25, 0.3) is 0 Å². The van der Waals surface area contributed by atoms with Gasteiger partial charge in [-0.05, 0) is 59.3 Å². The molecule has 2 rings (SSSR count). The number of amides is 1. The van der Waals surface area contributed by atoms with Crippen LogP contribution in [0.2, 0.25) is 0 Å². The van der Waals surface area contributed by atoms with Crippen LogP contribution in [-0.4, -0.2) is 17.5 Å². The average Bonchev–Trinajstić information content (AvgIpc) is 2.50. The summed E-state index contributed by atoms with van der Waals surface area (Å²) in [6, 6.07) is 10.9. The molecule has 0 atom stereocenters. The molecule has 1 amide bonds. The maximum absolute atomic E-state index is 12.2. The molecule has 0 aliphatic heterocycles. The highest BCUT2D eigenvalue weighted by molar-refractivity contribution is 14.1. The first-order chi connectivity index (χ1) is 10.2. The SMILES string of the molecule is CCCCOc1cccc(C(=O)Nc2ccc(I)cn2)c1. The molecule has 0 unspecified atom stereocenters. The summed E-state index contributed by atoms with van der Waals surface area (Å²) in [6.07, 6.45) is 3.79. The Labute approximate surface area is 138 Å². The van der Waals surface area contributed by atoms with Gasteiger partial charge in [-0.1, -0.05) is 19.4 Å². The van der Waals surface area contributed by atoms with Gasteiger partial charge in [-0.3, -0.25) is 4.79 Å². The second-order valence-corrected chi connectivity index (χ2v) is 5.79. The van der Waals surface area contributed by atoms with E-state index in [9.17, 15) is 4.79 Å². The van der Waals surface area contributed by atoms with Gasteiger partial charge < -0.3 is 10.1 Å². The minimum Gasteiger partial charge on any atom is -0.494 e. The summed E-state index contributed by atoms with van der Waals surface area (Å²) in [4.78, 5) is 16.3. The maximum atomic E-state index is 12.2. The molecule has 2 aromatic rings. The molecule has 5 heteroatoms. The third-order valence-corrected chi connectivity index (χ3v) is 3.47. The Morgan fingerprint density at radius 1 is 1.33 bits per heavy atom. The molecule has 0 radical (unpaired) electrons. The minimum atomic E-state index is -0.190. The van der Waals surface area contributed by atoms with Crippen molar-refractivity contribution in [3.8, 4) is 5.75 Å². The lowest BCUT2D eigenvalue weighted by Crippen LogP contribution is -2.13. The predicted octanol–water partition coefficient (Wildman–Crippen LogP) is 4.12. The normalized spacial score (nSPS) is 10.2. The van der Waals surface area contributed by atoms with Crippen molar-refractivity contribution in [2.24, 2.45) is 0 Å². The number of nitrogens with zero attached hydrogens (tertiary/aromatic N) is 1. The number of rotatable bonds is 6. The Kier molecular flexibility index (Phi) is 5.98. The van der Waals surface area contributed by atoms with E-state index in [1.54, 1.807) is 24.4 Å². The lowest BCUT2D eigenvalue weighted by molar-refractivity contribution is 0.102. The molecule has 0 saturated carbocycles. The number of ether oxygens (including phenoxy) is 1. The van der Waals surface area contributed by atoms with Crippen molar-refractivity contribution in [3.05, 3.63) is 51.7 Å². The van der Waals surface area contributed by atoms with Crippen LogP contribution in [0, 0.1) is 3.57 Å². The molecule has 0 saturated heterocycles. The molecule has 110 valence electrons. The first kappa shape index (κ1) is 15.8. The second kappa shape index (κ2) is 7.97. The Hall–Kier alpha value is -1.63. The quantitative estimate of drug-likeness (QED) is 0.591. The Balaban J connectivity index is 2.01. The highest BCUT2D eigenvalue weighted by atomic mass is 127. The fourth-order valence-corrected chi connectivity index (χ4v) is 2.02. The number of aromatic nitrogens is 1. The van der Waals surface area contributed by atoms with E-state index < -0.39 is 0 Å². The molecule has 1 heterocycles. The second-order valence-electron chi connectivity index (χ2n) is 4.55. The van der Waals surface area contributed by atoms with Gasteiger partial charge in [0, 0.05) is 15.3 Å². The van der Waals surface area contributed by atoms with E-state index in [4.69, 9.17) is 4.74 Å². The summed E-state index contributed by atoms with van der Waals surface area (Å²) < 4.78 is 6.63. The molecule has 0 fully saturated rings. The lowest BCUT2D eigenvalue weighted by atomic mass is 10.2. The van der Waals surface area contributed by atoms with Gasteiger partial charge in [-0.15, -0.1) is 0 Å². The monoisotopic (exact) mass is 396 g/mol. The Morgan fingerprint density at radius 3 is 2.90 bits per heavy atom. The number of carbonyl (C=O) groups is 1. The van der Waals surface area contributed by atoms with E-state index in [0.29, 0.717) is 23.7 Å². The van der Waals surface area contributed by atoms with E-state index in [1.807, 2.05) is 18.2 Å². The summed E-state index contributed by atoms with van der Waals surface area (Å²) in [5.74, 6) is 1.06. The number of halogens is 1. The van der Waals surface area contributed by atoms with E-state index in [2.05, 4.69) is 39.8 Å². The fraction of sp³-hybridized carbons (Fsp3) is 0.250. The van der Waals surface area contributed by atoms with Gasteiger partial charge in [0.1, 0.15) is 11.6 Å². The van der Waals surface area contributed by atoms with E-state index >= 15 is 0 Å². The van der Waals surface area contributed by atoms with Crippen LogP contribution >= 0.6 is 22.6 Å². The number of unbranched alkanes of at least 4 members (excludes halogenated alkanes) is 1. The van der Waals surface area contributed by atoms with Crippen LogP contribution < -0.4 is 10.1 Å². The standard InChI is InChI=1S/C16H17IN2O2/c1-2-3-9-21-14-6-4-5-12(10-14)16(20)19-15-8-7-13(17)11-18-15/h4-8,10-11H,2-3,9H2,1H3,(H,18,19,20). The van der Waals surface area contributed by atoms with Crippen molar-refractivity contribution < 1.29 is 9.53 Å². The summed E-state index contributed by atoms with van der Waals surface area (Å²) in [5.41, 5.74) is 0.560. The van der Waals surface area contributed by atoms with Crippen LogP contribution in [0.5, 0.6) is 5.75 Å². The molecule has 1 N–H and O–H groups in total. The van der Waals surface area contributed by atoms with Gasteiger partial charge in [0.2, 0.25) is 0 Å². The van der Waals surface area contributed by atoms with Crippen LogP contribution in [0.3, 0.4) is 0 Å². The first-order valence-corrected chi connectivity index (χ1v) is 7.92. The van der Waals surface area contributed by atoms with Gasteiger partial charge in [0.15, 0.2) is 0 Å². The maximum Gasteiger partial charge on any atom is 0.256 e. The first-order valence-electron chi connectivity index (χ1n) is 6.85. The zero-order valence-corrected chi connectivity index (χ0v) is 14.0. The van der Waals surface area contributed by atoms with Crippen molar-refractivity contribution in [3.63, 3.8) is 0 Å². The number of benzene rings is 1. The molecule has 0 aliphatic rings. The average molecular weight is 396 g/mol. The van der Waals surface area contributed by atoms with E-state index in [-0.39, 0.29) is 5.91 Å². The number of nitrogens with one attached hydrogen (secondary N) is 1. The van der Waals surface area contributed by atoms with E-state index in [0.717, 1.165) is 16.4 Å². The van der Waals surface area contributed by atoms with Gasteiger partial charge in [0.05, 0.1) is 6.61 Å². The summed E-state index contributed by atoms with van der Waals surface area (Å²) in [6.45, 7) is 2.78. The molecule has 21 heavy (non-hydrogen) atoms. The number of anilines is 1. The molecule has 4 nitrogen and oxygen atoms in total. The van der Waals surface area contributed by atoms with Crippen LogP contribution in [0.4, 0.5) is 5.82 Å². The fourth-order valence-electron chi connectivity index (χ4n) is 1.70. The Morgan fingerprint density at radius 2 is 2.19 bits per heavy atom. The van der Waals surface area contributed by atoms with Gasteiger partial charge in [0.25, 0.3) is 5.91 Å². The predicted molar refractivity (Wildman–Crippen MR) is 91.8 cm³/mol. The number of pyridine rings is 1. The number of hydrogen-bond donors (Lipinski definition) is 1. The van der Waals surface area contributed by atoms with Crippen molar-refractivity contribution in [1.29, 1.82) is 0 Å². The van der Waals surface area contributed by atoms with Crippen molar-refractivity contribution in [1.82, 2.24) is 4.98 Å². The zero-order valence-electron chi connectivity index (χ0n) is 11.8. The molecule has 0 spiro atoms. The molecule has 1 aromatic heterocycles. The Bertz CT molecular complexity index is 599. The highest BCUT2D eigenvalue weighted by Crippen LogP contribution is 2.15. The lowest BCUT2D eigenvalue weighted by Gasteiger charge is -2.08. The number of carbonyl (C=O) groups excluding carboxylic acids is 1. The molecule has 0 aliphatic carbocycles. The van der Waals surface area contributed by atoms with Gasteiger partial charge >= 0.3 is 0 Å². The van der Waals surface area contributed by atoms with Gasteiger partial charge in [-0.2, -0.15) is 0 Å². The van der Waals surface area contributed by atoms with Crippen LogP contribution in [0.1, 0.15) is 30.1 Å². The number of hydrogen-bond acceptors (Lipinski definition) is 3. The third-order valence-electron chi connectivity index (χ3n) is 2.83.